The summed E-state index contributed by atoms with van der Waals surface area (Å²) < 4.78 is 0. The quantitative estimate of drug-likeness (QED) is 0.328. The van der Waals surface area contributed by atoms with E-state index in [-0.39, 0.29) is 5.78 Å². The molecule has 1 amide bonds. The standard InChI is InChI=1S/C20H16N2O3/c1-14(23)15-9-11-18(12-10-15)22-20(24)25-21-13-17-7-4-6-16-5-2-3-8-19(16)17/h2-13H,1H3,(H,22,24)/b21-13+. The number of benzene rings is 3. The van der Waals surface area contributed by atoms with E-state index in [0.717, 1.165) is 16.3 Å². The number of anilines is 1. The second-order valence-corrected chi connectivity index (χ2v) is 5.44. The fraction of sp³-hybridized carbons (Fsp3) is 0.0500. The van der Waals surface area contributed by atoms with Crippen molar-refractivity contribution in [2.24, 2.45) is 5.16 Å². The van der Waals surface area contributed by atoms with Crippen molar-refractivity contribution >= 4 is 34.6 Å². The zero-order chi connectivity index (χ0) is 17.6. The highest BCUT2D eigenvalue weighted by Gasteiger charge is 2.04. The van der Waals surface area contributed by atoms with Gasteiger partial charge < -0.3 is 0 Å². The van der Waals surface area contributed by atoms with Crippen LogP contribution in [0.2, 0.25) is 0 Å². The molecule has 124 valence electrons. The normalized spacial score (nSPS) is 10.8. The van der Waals surface area contributed by atoms with Crippen LogP contribution in [0.3, 0.4) is 0 Å². The molecule has 0 aliphatic carbocycles. The number of rotatable bonds is 4. The molecule has 0 saturated heterocycles. The third-order valence-corrected chi connectivity index (χ3v) is 3.69. The van der Waals surface area contributed by atoms with Crippen molar-refractivity contribution in [1.29, 1.82) is 0 Å². The van der Waals surface area contributed by atoms with Crippen molar-refractivity contribution in [3.63, 3.8) is 0 Å². The molecular weight excluding hydrogens is 316 g/mol. The third-order valence-electron chi connectivity index (χ3n) is 3.69. The number of hydrogen-bond acceptors (Lipinski definition) is 4. The fourth-order valence-corrected chi connectivity index (χ4v) is 2.42. The predicted molar refractivity (Wildman–Crippen MR) is 98.1 cm³/mol. The highest BCUT2D eigenvalue weighted by atomic mass is 16.7. The van der Waals surface area contributed by atoms with Crippen LogP contribution >= 0.6 is 0 Å². The van der Waals surface area contributed by atoms with E-state index >= 15 is 0 Å². The van der Waals surface area contributed by atoms with Crippen LogP contribution < -0.4 is 5.32 Å². The minimum Gasteiger partial charge on any atom is -0.298 e. The number of Topliss-reactive ketones (excluding diaryl/α,β-unsaturated/α-hetero) is 1. The van der Waals surface area contributed by atoms with Crippen LogP contribution in [-0.4, -0.2) is 18.1 Å². The molecule has 1 N–H and O–H groups in total. The van der Waals surface area contributed by atoms with Gasteiger partial charge in [0.1, 0.15) is 0 Å². The molecule has 0 unspecified atom stereocenters. The van der Waals surface area contributed by atoms with Crippen LogP contribution in [0, 0.1) is 0 Å². The van der Waals surface area contributed by atoms with Crippen LogP contribution in [0.15, 0.2) is 71.9 Å². The van der Waals surface area contributed by atoms with E-state index < -0.39 is 6.09 Å². The van der Waals surface area contributed by atoms with Gasteiger partial charge in [-0.1, -0.05) is 47.6 Å². The Balaban J connectivity index is 1.63. The van der Waals surface area contributed by atoms with E-state index in [4.69, 9.17) is 4.84 Å². The van der Waals surface area contributed by atoms with Crippen molar-refractivity contribution in [3.05, 3.63) is 77.9 Å². The SMILES string of the molecule is CC(=O)c1ccc(NC(=O)O/N=C/c2cccc3ccccc23)cc1. The van der Waals surface area contributed by atoms with E-state index in [1.807, 2.05) is 42.5 Å². The third kappa shape index (κ3) is 4.09. The Kier molecular flexibility index (Phi) is 4.85. The van der Waals surface area contributed by atoms with Crippen molar-refractivity contribution in [3.8, 4) is 0 Å². The van der Waals surface area contributed by atoms with Crippen LogP contribution in [0.25, 0.3) is 10.8 Å². The molecule has 0 aliphatic rings. The van der Waals surface area contributed by atoms with Gasteiger partial charge in [-0.2, -0.15) is 0 Å². The smallest absolute Gasteiger partial charge is 0.298 e. The molecule has 5 heteroatoms. The maximum absolute atomic E-state index is 11.8. The number of carbonyl (C=O) groups is 2. The molecule has 0 radical (unpaired) electrons. The molecule has 0 bridgehead atoms. The lowest BCUT2D eigenvalue weighted by Gasteiger charge is -2.04. The first-order valence-electron chi connectivity index (χ1n) is 7.73. The van der Waals surface area contributed by atoms with Crippen LogP contribution in [0.5, 0.6) is 0 Å². The number of hydrogen-bond donors (Lipinski definition) is 1. The molecule has 0 heterocycles. The highest BCUT2D eigenvalue weighted by molar-refractivity contribution is 6.00. The van der Waals surface area contributed by atoms with Gasteiger partial charge in [0, 0.05) is 16.8 Å². The number of fused-ring (bicyclic) bond motifs is 1. The van der Waals surface area contributed by atoms with E-state index in [9.17, 15) is 9.59 Å². The zero-order valence-electron chi connectivity index (χ0n) is 13.6. The van der Waals surface area contributed by atoms with Gasteiger partial charge in [0.15, 0.2) is 5.78 Å². The first-order chi connectivity index (χ1) is 12.1. The Labute approximate surface area is 144 Å². The number of nitrogens with one attached hydrogen (secondary N) is 1. The summed E-state index contributed by atoms with van der Waals surface area (Å²) in [6.07, 6.45) is 0.799. The second-order valence-electron chi connectivity index (χ2n) is 5.44. The van der Waals surface area contributed by atoms with Crippen LogP contribution in [-0.2, 0) is 4.84 Å². The lowest BCUT2D eigenvalue weighted by atomic mass is 10.1. The van der Waals surface area contributed by atoms with E-state index in [2.05, 4.69) is 10.5 Å². The minimum absolute atomic E-state index is 0.0335. The largest absolute Gasteiger partial charge is 0.437 e. The first-order valence-corrected chi connectivity index (χ1v) is 7.73. The Morgan fingerprint density at radius 2 is 1.68 bits per heavy atom. The highest BCUT2D eigenvalue weighted by Crippen LogP contribution is 2.17. The molecular formula is C20H16N2O3. The summed E-state index contributed by atoms with van der Waals surface area (Å²) >= 11 is 0. The lowest BCUT2D eigenvalue weighted by molar-refractivity contribution is 0.101. The molecule has 0 saturated carbocycles. The van der Waals surface area contributed by atoms with Gasteiger partial charge in [0.05, 0.1) is 6.21 Å². The Morgan fingerprint density at radius 1 is 0.960 bits per heavy atom. The van der Waals surface area contributed by atoms with Gasteiger partial charge in [-0.3, -0.25) is 14.9 Å². The van der Waals surface area contributed by atoms with Gasteiger partial charge in [-0.25, -0.2) is 4.79 Å². The summed E-state index contributed by atoms with van der Waals surface area (Å²) in [6, 6.07) is 20.2. The zero-order valence-corrected chi connectivity index (χ0v) is 13.6. The molecule has 3 aromatic rings. The van der Waals surface area contributed by atoms with Crippen LogP contribution in [0.4, 0.5) is 10.5 Å². The van der Waals surface area contributed by atoms with Crippen molar-refractivity contribution in [2.75, 3.05) is 5.32 Å². The Hall–Kier alpha value is -3.47. The number of carbonyl (C=O) groups excluding carboxylic acids is 2. The first kappa shape index (κ1) is 16.4. The summed E-state index contributed by atoms with van der Waals surface area (Å²) in [7, 11) is 0. The van der Waals surface area contributed by atoms with Crippen molar-refractivity contribution < 1.29 is 14.4 Å². The molecule has 0 fully saturated rings. The summed E-state index contributed by atoms with van der Waals surface area (Å²) in [5.74, 6) is -0.0335. The number of nitrogens with zero attached hydrogens (tertiary/aromatic N) is 1. The molecule has 0 atom stereocenters. The van der Waals surface area contributed by atoms with E-state index in [1.165, 1.54) is 13.1 Å². The number of oxime groups is 1. The number of ketones is 1. The van der Waals surface area contributed by atoms with E-state index in [0.29, 0.717) is 11.3 Å². The molecule has 3 aromatic carbocycles. The van der Waals surface area contributed by atoms with Gasteiger partial charge in [-0.15, -0.1) is 0 Å². The molecule has 0 aliphatic heterocycles. The fourth-order valence-electron chi connectivity index (χ4n) is 2.42. The van der Waals surface area contributed by atoms with E-state index in [1.54, 1.807) is 24.3 Å². The molecule has 25 heavy (non-hydrogen) atoms. The summed E-state index contributed by atoms with van der Waals surface area (Å²) in [6.45, 7) is 1.48. The van der Waals surface area contributed by atoms with Crippen molar-refractivity contribution in [2.45, 2.75) is 6.92 Å². The van der Waals surface area contributed by atoms with Crippen LogP contribution in [0.1, 0.15) is 22.8 Å². The molecule has 0 spiro atoms. The topological polar surface area (TPSA) is 67.8 Å². The van der Waals surface area contributed by atoms with Gasteiger partial charge in [0.25, 0.3) is 0 Å². The Morgan fingerprint density at radius 3 is 2.44 bits per heavy atom. The average Bonchev–Trinajstić information content (AvgIpc) is 2.62. The summed E-state index contributed by atoms with van der Waals surface area (Å²) in [5, 5.41) is 8.40. The maximum atomic E-state index is 11.8. The minimum atomic E-state index is -0.702. The summed E-state index contributed by atoms with van der Waals surface area (Å²) in [4.78, 5) is 27.8. The lowest BCUT2D eigenvalue weighted by Crippen LogP contribution is -2.11. The number of amides is 1. The molecule has 3 rings (SSSR count). The maximum Gasteiger partial charge on any atom is 0.437 e. The van der Waals surface area contributed by atoms with Gasteiger partial charge in [0.2, 0.25) is 0 Å². The monoisotopic (exact) mass is 332 g/mol. The summed E-state index contributed by atoms with van der Waals surface area (Å²) in [5.41, 5.74) is 1.96. The molecule has 5 nitrogen and oxygen atoms in total. The Bertz CT molecular complexity index is 941. The predicted octanol–water partition coefficient (Wildman–Crippen LogP) is 4.63. The van der Waals surface area contributed by atoms with Gasteiger partial charge >= 0.3 is 6.09 Å². The second kappa shape index (κ2) is 7.40. The molecule has 0 aromatic heterocycles. The average molecular weight is 332 g/mol. The van der Waals surface area contributed by atoms with Crippen molar-refractivity contribution in [1.82, 2.24) is 0 Å². The van der Waals surface area contributed by atoms with Gasteiger partial charge in [-0.05, 0) is 42.0 Å².